The number of non-ortho nitro benzene ring substituents is 1. The third-order valence-corrected chi connectivity index (χ3v) is 5.25. The van der Waals surface area contributed by atoms with Gasteiger partial charge >= 0.3 is 0 Å². The standard InChI is InChI=1S/C23H23N3O5/c1-2-30-21-6-4-3-5-19(21)24-13-15-25(16-14-24)23(27)22-12-11-20(31-22)17-7-9-18(10-8-17)26(28)29/h3-12H,2,13-16H2,1H3. The van der Waals surface area contributed by atoms with Gasteiger partial charge in [0.15, 0.2) is 5.76 Å². The van der Waals surface area contributed by atoms with E-state index in [-0.39, 0.29) is 17.4 Å². The first-order chi connectivity index (χ1) is 15.1. The van der Waals surface area contributed by atoms with Gasteiger partial charge in [-0.05, 0) is 43.3 Å². The first-order valence-corrected chi connectivity index (χ1v) is 10.2. The minimum atomic E-state index is -0.451. The third-order valence-electron chi connectivity index (χ3n) is 5.25. The number of anilines is 1. The number of ether oxygens (including phenoxy) is 1. The molecule has 1 aliphatic heterocycles. The topological polar surface area (TPSA) is 89.1 Å². The van der Waals surface area contributed by atoms with Crippen LogP contribution in [0.2, 0.25) is 0 Å². The number of nitro benzene ring substituents is 1. The molecule has 0 saturated carbocycles. The van der Waals surface area contributed by atoms with E-state index in [4.69, 9.17) is 9.15 Å². The molecule has 0 spiro atoms. The monoisotopic (exact) mass is 421 g/mol. The summed E-state index contributed by atoms with van der Waals surface area (Å²) in [6.07, 6.45) is 0. The van der Waals surface area contributed by atoms with Gasteiger partial charge in [0.2, 0.25) is 0 Å². The number of carbonyl (C=O) groups is 1. The van der Waals surface area contributed by atoms with Crippen molar-refractivity contribution in [2.24, 2.45) is 0 Å². The molecule has 8 heteroatoms. The predicted molar refractivity (Wildman–Crippen MR) is 117 cm³/mol. The molecule has 1 amide bonds. The molecule has 1 aromatic heterocycles. The number of piperazine rings is 1. The molecular formula is C23H23N3O5. The van der Waals surface area contributed by atoms with Crippen LogP contribution in [0.5, 0.6) is 5.75 Å². The summed E-state index contributed by atoms with van der Waals surface area (Å²) < 4.78 is 11.5. The van der Waals surface area contributed by atoms with Crippen LogP contribution in [-0.2, 0) is 0 Å². The van der Waals surface area contributed by atoms with Crippen LogP contribution in [0.1, 0.15) is 17.5 Å². The van der Waals surface area contributed by atoms with Crippen molar-refractivity contribution in [3.8, 4) is 17.1 Å². The van der Waals surface area contributed by atoms with E-state index in [1.54, 1.807) is 29.2 Å². The summed E-state index contributed by atoms with van der Waals surface area (Å²) in [4.78, 5) is 27.3. The highest BCUT2D eigenvalue weighted by Gasteiger charge is 2.25. The van der Waals surface area contributed by atoms with Gasteiger partial charge in [-0.25, -0.2) is 0 Å². The van der Waals surface area contributed by atoms with Gasteiger partial charge in [0.25, 0.3) is 11.6 Å². The minimum Gasteiger partial charge on any atom is -0.492 e. The van der Waals surface area contributed by atoms with Crippen molar-refractivity contribution in [1.29, 1.82) is 0 Å². The van der Waals surface area contributed by atoms with Crippen LogP contribution in [0, 0.1) is 10.1 Å². The Labute approximate surface area is 179 Å². The molecule has 1 aliphatic rings. The van der Waals surface area contributed by atoms with Gasteiger partial charge < -0.3 is 19.0 Å². The number of furan rings is 1. The summed E-state index contributed by atoms with van der Waals surface area (Å²) in [5.41, 5.74) is 1.73. The number of hydrogen-bond donors (Lipinski definition) is 0. The SMILES string of the molecule is CCOc1ccccc1N1CCN(C(=O)c2ccc(-c3ccc([N+](=O)[O-])cc3)o2)CC1. The summed E-state index contributed by atoms with van der Waals surface area (Å²) in [7, 11) is 0. The predicted octanol–water partition coefficient (Wildman–Crippen LogP) is 4.22. The molecule has 0 aliphatic carbocycles. The molecule has 160 valence electrons. The van der Waals surface area contributed by atoms with Gasteiger partial charge in [0.1, 0.15) is 11.5 Å². The quantitative estimate of drug-likeness (QED) is 0.437. The summed E-state index contributed by atoms with van der Waals surface area (Å²) in [6.45, 7) is 5.12. The normalized spacial score (nSPS) is 13.8. The first kappa shape index (κ1) is 20.5. The van der Waals surface area contributed by atoms with Crippen LogP contribution in [0.4, 0.5) is 11.4 Å². The second-order valence-electron chi connectivity index (χ2n) is 7.15. The lowest BCUT2D eigenvalue weighted by molar-refractivity contribution is -0.384. The maximum Gasteiger partial charge on any atom is 0.289 e. The van der Waals surface area contributed by atoms with Crippen LogP contribution in [-0.4, -0.2) is 48.5 Å². The van der Waals surface area contributed by atoms with Crippen molar-refractivity contribution in [2.75, 3.05) is 37.7 Å². The zero-order chi connectivity index (χ0) is 21.8. The number of nitrogens with zero attached hydrogens (tertiary/aromatic N) is 3. The van der Waals surface area contributed by atoms with Crippen LogP contribution >= 0.6 is 0 Å². The van der Waals surface area contributed by atoms with Crippen molar-refractivity contribution in [2.45, 2.75) is 6.92 Å². The van der Waals surface area contributed by atoms with Crippen molar-refractivity contribution < 1.29 is 18.9 Å². The lowest BCUT2D eigenvalue weighted by atomic mass is 10.1. The highest BCUT2D eigenvalue weighted by atomic mass is 16.6. The number of para-hydroxylation sites is 2. The summed E-state index contributed by atoms with van der Waals surface area (Å²) in [5.74, 6) is 1.45. The highest BCUT2D eigenvalue weighted by Crippen LogP contribution is 2.29. The number of carbonyl (C=O) groups excluding carboxylic acids is 1. The molecule has 2 heterocycles. The van der Waals surface area contributed by atoms with Crippen molar-refractivity contribution in [3.63, 3.8) is 0 Å². The van der Waals surface area contributed by atoms with Crippen molar-refractivity contribution in [3.05, 3.63) is 76.5 Å². The van der Waals surface area contributed by atoms with E-state index in [1.165, 1.54) is 12.1 Å². The van der Waals surface area contributed by atoms with Gasteiger partial charge in [-0.2, -0.15) is 0 Å². The van der Waals surface area contributed by atoms with Crippen molar-refractivity contribution >= 4 is 17.3 Å². The molecule has 0 N–H and O–H groups in total. The molecule has 8 nitrogen and oxygen atoms in total. The Kier molecular flexibility index (Phi) is 5.88. The lowest BCUT2D eigenvalue weighted by Gasteiger charge is -2.36. The molecule has 0 radical (unpaired) electrons. The number of hydrogen-bond acceptors (Lipinski definition) is 6. The first-order valence-electron chi connectivity index (χ1n) is 10.2. The Morgan fingerprint density at radius 1 is 1.03 bits per heavy atom. The Bertz CT molecular complexity index is 1070. The Hall–Kier alpha value is -3.81. The fourth-order valence-corrected chi connectivity index (χ4v) is 3.66. The van der Waals surface area contributed by atoms with E-state index >= 15 is 0 Å². The van der Waals surface area contributed by atoms with Crippen LogP contribution < -0.4 is 9.64 Å². The average molecular weight is 421 g/mol. The maximum absolute atomic E-state index is 12.9. The Morgan fingerprint density at radius 2 is 1.74 bits per heavy atom. The molecule has 0 atom stereocenters. The largest absolute Gasteiger partial charge is 0.492 e. The number of benzene rings is 2. The summed E-state index contributed by atoms with van der Waals surface area (Å²) in [6, 6.07) is 17.3. The second-order valence-corrected chi connectivity index (χ2v) is 7.15. The molecule has 4 rings (SSSR count). The lowest BCUT2D eigenvalue weighted by Crippen LogP contribution is -2.48. The maximum atomic E-state index is 12.9. The summed E-state index contributed by atoms with van der Waals surface area (Å²) >= 11 is 0. The van der Waals surface area contributed by atoms with Gasteiger partial charge in [0, 0.05) is 43.9 Å². The fraction of sp³-hybridized carbons (Fsp3) is 0.261. The average Bonchev–Trinajstić information content (AvgIpc) is 3.30. The third kappa shape index (κ3) is 4.37. The van der Waals surface area contributed by atoms with Gasteiger partial charge in [-0.15, -0.1) is 0 Å². The Morgan fingerprint density at radius 3 is 2.42 bits per heavy atom. The molecule has 31 heavy (non-hydrogen) atoms. The van der Waals surface area contributed by atoms with Gasteiger partial charge in [-0.3, -0.25) is 14.9 Å². The van der Waals surface area contributed by atoms with Crippen molar-refractivity contribution in [1.82, 2.24) is 4.90 Å². The van der Waals surface area contributed by atoms with Gasteiger partial charge in [-0.1, -0.05) is 12.1 Å². The van der Waals surface area contributed by atoms with E-state index in [0.717, 1.165) is 11.4 Å². The van der Waals surface area contributed by atoms with Crippen LogP contribution in [0.3, 0.4) is 0 Å². The highest BCUT2D eigenvalue weighted by molar-refractivity contribution is 5.92. The van der Waals surface area contributed by atoms with E-state index in [1.807, 2.05) is 31.2 Å². The number of amides is 1. The zero-order valence-corrected chi connectivity index (χ0v) is 17.2. The molecule has 0 bridgehead atoms. The van der Waals surface area contributed by atoms with Gasteiger partial charge in [0.05, 0.1) is 17.2 Å². The molecular weight excluding hydrogens is 398 g/mol. The van der Waals surface area contributed by atoms with E-state index < -0.39 is 4.92 Å². The molecule has 1 saturated heterocycles. The van der Waals surface area contributed by atoms with Crippen LogP contribution in [0.15, 0.2) is 65.1 Å². The number of rotatable bonds is 6. The van der Waals surface area contributed by atoms with E-state index in [2.05, 4.69) is 4.90 Å². The van der Waals surface area contributed by atoms with E-state index in [9.17, 15) is 14.9 Å². The molecule has 0 unspecified atom stereocenters. The minimum absolute atomic E-state index is 0.00962. The fourth-order valence-electron chi connectivity index (χ4n) is 3.66. The smallest absolute Gasteiger partial charge is 0.289 e. The zero-order valence-electron chi connectivity index (χ0n) is 17.2. The number of nitro groups is 1. The second kappa shape index (κ2) is 8.91. The molecule has 1 fully saturated rings. The summed E-state index contributed by atoms with van der Waals surface area (Å²) in [5, 5.41) is 10.8. The Balaban J connectivity index is 1.41. The van der Waals surface area contributed by atoms with E-state index in [0.29, 0.717) is 44.1 Å². The molecule has 2 aromatic carbocycles. The molecule has 3 aromatic rings. The van der Waals surface area contributed by atoms with Crippen LogP contribution in [0.25, 0.3) is 11.3 Å².